The van der Waals surface area contributed by atoms with Crippen LogP contribution in [0.3, 0.4) is 0 Å². The summed E-state index contributed by atoms with van der Waals surface area (Å²) < 4.78 is 0.716. The van der Waals surface area contributed by atoms with Gasteiger partial charge in [-0.1, -0.05) is 6.07 Å². The zero-order valence-corrected chi connectivity index (χ0v) is 9.93. The van der Waals surface area contributed by atoms with Crippen molar-refractivity contribution < 1.29 is 20.1 Å². The minimum Gasteiger partial charge on any atom is -0.463 e. The van der Waals surface area contributed by atoms with Crippen LogP contribution in [-0.4, -0.2) is 26.6 Å². The Bertz CT molecular complexity index is 519. The van der Waals surface area contributed by atoms with E-state index in [0.29, 0.717) is 21.8 Å². The summed E-state index contributed by atoms with van der Waals surface area (Å²) in [5.74, 6) is -0.0130. The van der Waals surface area contributed by atoms with E-state index in [4.69, 9.17) is 0 Å². The van der Waals surface area contributed by atoms with E-state index in [-0.39, 0.29) is 5.90 Å². The maximum atomic E-state index is 12.1. The van der Waals surface area contributed by atoms with Crippen LogP contribution in [0, 0.1) is 4.91 Å². The van der Waals surface area contributed by atoms with Gasteiger partial charge in [0.15, 0.2) is 5.69 Å². The predicted molar refractivity (Wildman–Crippen MR) is 62.0 cm³/mol. The molecular weight excluding hydrogens is 222 g/mol. The SMILES string of the molecule is CC(O)=[NH+]c1cccc2c1[N+](=O)C(C)(C)N2O. The number of aliphatic hydroxyl groups is 1. The fourth-order valence-corrected chi connectivity index (χ4v) is 1.87. The quantitative estimate of drug-likeness (QED) is 0.382. The van der Waals surface area contributed by atoms with E-state index in [1.807, 2.05) is 0 Å². The first-order chi connectivity index (χ1) is 7.85. The van der Waals surface area contributed by atoms with Crippen molar-refractivity contribution in [1.29, 1.82) is 0 Å². The van der Waals surface area contributed by atoms with Crippen molar-refractivity contribution in [3.05, 3.63) is 23.1 Å². The van der Waals surface area contributed by atoms with Crippen LogP contribution in [0.5, 0.6) is 0 Å². The number of benzene rings is 1. The van der Waals surface area contributed by atoms with E-state index >= 15 is 0 Å². The third-order valence-corrected chi connectivity index (χ3v) is 2.78. The molecule has 0 saturated heterocycles. The van der Waals surface area contributed by atoms with Gasteiger partial charge in [-0.2, -0.15) is 10.1 Å². The van der Waals surface area contributed by atoms with Gasteiger partial charge in [0.1, 0.15) is 0 Å². The average Bonchev–Trinajstić information content (AvgIpc) is 2.41. The normalized spacial score (nSPS) is 18.5. The molecule has 0 amide bonds. The Kier molecular flexibility index (Phi) is 2.39. The lowest BCUT2D eigenvalue weighted by Gasteiger charge is -2.16. The molecule has 0 unspecified atom stereocenters. The van der Waals surface area contributed by atoms with E-state index in [9.17, 15) is 15.2 Å². The largest absolute Gasteiger partial charge is 0.463 e. The van der Waals surface area contributed by atoms with Gasteiger partial charge >= 0.3 is 17.2 Å². The van der Waals surface area contributed by atoms with Crippen LogP contribution in [0.1, 0.15) is 20.8 Å². The van der Waals surface area contributed by atoms with E-state index in [1.165, 1.54) is 6.92 Å². The van der Waals surface area contributed by atoms with Crippen LogP contribution in [0.4, 0.5) is 17.1 Å². The lowest BCUT2D eigenvalue weighted by atomic mass is 10.2. The third-order valence-electron chi connectivity index (χ3n) is 2.78. The molecule has 0 aromatic heterocycles. The summed E-state index contributed by atoms with van der Waals surface area (Å²) in [7, 11) is 0. The lowest BCUT2D eigenvalue weighted by Crippen LogP contribution is -2.65. The molecule has 6 heteroatoms. The first kappa shape index (κ1) is 11.5. The highest BCUT2D eigenvalue weighted by atomic mass is 16.5. The van der Waals surface area contributed by atoms with Crippen molar-refractivity contribution in [2.75, 3.05) is 5.06 Å². The number of anilines is 1. The number of aliphatic hydroxyl groups excluding tert-OH is 1. The smallest absolute Gasteiger partial charge is 0.355 e. The zero-order chi connectivity index (χ0) is 12.8. The second kappa shape index (κ2) is 3.53. The number of rotatable bonds is 1. The lowest BCUT2D eigenvalue weighted by molar-refractivity contribution is -0.545. The Morgan fingerprint density at radius 2 is 2.12 bits per heavy atom. The van der Waals surface area contributed by atoms with Crippen molar-refractivity contribution in [1.82, 2.24) is 0 Å². The number of fused-ring (bicyclic) bond motifs is 1. The van der Waals surface area contributed by atoms with Crippen molar-refractivity contribution in [3.63, 3.8) is 0 Å². The molecule has 3 N–H and O–H groups in total. The summed E-state index contributed by atoms with van der Waals surface area (Å²) in [6, 6.07) is 5.01. The van der Waals surface area contributed by atoms with Crippen LogP contribution in [0.2, 0.25) is 0 Å². The fraction of sp³-hybridized carbons (Fsp3) is 0.364. The number of hydrogen-bond acceptors (Lipinski definition) is 3. The molecule has 1 heterocycles. The summed E-state index contributed by atoms with van der Waals surface area (Å²) in [6.45, 7) is 4.70. The van der Waals surface area contributed by atoms with E-state index in [2.05, 4.69) is 4.99 Å². The van der Waals surface area contributed by atoms with E-state index in [1.54, 1.807) is 32.0 Å². The molecule has 0 aliphatic carbocycles. The van der Waals surface area contributed by atoms with E-state index in [0.717, 1.165) is 5.06 Å². The average molecular weight is 237 g/mol. The molecule has 0 spiro atoms. The molecule has 0 bridgehead atoms. The van der Waals surface area contributed by atoms with Crippen molar-refractivity contribution in [2.24, 2.45) is 0 Å². The molecule has 0 saturated carbocycles. The fourth-order valence-electron chi connectivity index (χ4n) is 1.87. The summed E-state index contributed by atoms with van der Waals surface area (Å²) in [6.07, 6.45) is 0. The van der Waals surface area contributed by atoms with Gasteiger partial charge in [0.25, 0.3) is 5.69 Å². The molecule has 1 aromatic rings. The van der Waals surface area contributed by atoms with Gasteiger partial charge in [-0.25, -0.2) is 0 Å². The Hall–Kier alpha value is -1.95. The Morgan fingerprint density at radius 3 is 2.71 bits per heavy atom. The van der Waals surface area contributed by atoms with Gasteiger partial charge in [0, 0.05) is 24.8 Å². The Labute approximate surface area is 98.4 Å². The first-order valence-electron chi connectivity index (χ1n) is 5.24. The van der Waals surface area contributed by atoms with Gasteiger partial charge in [-0.05, 0) is 6.07 Å². The molecule has 2 rings (SSSR count). The predicted octanol–water partition coefficient (Wildman–Crippen LogP) is 0.731. The number of hydroxylamine groups is 1. The summed E-state index contributed by atoms with van der Waals surface area (Å²) in [5.41, 5.74) is 0.121. The monoisotopic (exact) mass is 237 g/mol. The first-order valence-corrected chi connectivity index (χ1v) is 5.24. The molecule has 90 valence electrons. The molecule has 0 fully saturated rings. The molecule has 1 aliphatic heterocycles. The van der Waals surface area contributed by atoms with E-state index < -0.39 is 5.66 Å². The van der Waals surface area contributed by atoms with Crippen LogP contribution in [0.15, 0.2) is 18.2 Å². The highest BCUT2D eigenvalue weighted by molar-refractivity contribution is 5.75. The van der Waals surface area contributed by atoms with Gasteiger partial charge in [0.05, 0.1) is 11.7 Å². The number of nitroso groups, excluding NO2 is 1. The van der Waals surface area contributed by atoms with Gasteiger partial charge < -0.3 is 5.11 Å². The minimum absolute atomic E-state index is 0.0130. The van der Waals surface area contributed by atoms with Crippen LogP contribution in [-0.2, 0) is 0 Å². The van der Waals surface area contributed by atoms with Crippen molar-refractivity contribution in [3.8, 4) is 0 Å². The highest BCUT2D eigenvalue weighted by Crippen LogP contribution is 2.44. The van der Waals surface area contributed by atoms with Crippen LogP contribution < -0.4 is 10.1 Å². The van der Waals surface area contributed by atoms with Crippen molar-refractivity contribution >= 4 is 23.0 Å². The second-order valence-electron chi connectivity index (χ2n) is 4.48. The van der Waals surface area contributed by atoms with Gasteiger partial charge in [0.2, 0.25) is 0 Å². The maximum Gasteiger partial charge on any atom is 0.355 e. The Balaban J connectivity index is 2.67. The molecule has 6 nitrogen and oxygen atoms in total. The molecular formula is C11H15N3O3+2. The molecule has 17 heavy (non-hydrogen) atoms. The molecule has 1 aliphatic rings. The van der Waals surface area contributed by atoms with Crippen LogP contribution in [0.25, 0.3) is 0 Å². The maximum absolute atomic E-state index is 12.1. The molecule has 1 aromatic carbocycles. The minimum atomic E-state index is -1.07. The molecule has 0 radical (unpaired) electrons. The number of hydrogen-bond donors (Lipinski definition) is 3. The summed E-state index contributed by atoms with van der Waals surface area (Å²) >= 11 is 0. The summed E-state index contributed by atoms with van der Waals surface area (Å²) in [4.78, 5) is 14.8. The summed E-state index contributed by atoms with van der Waals surface area (Å²) in [5, 5.41) is 20.1. The third kappa shape index (κ3) is 1.57. The number of para-hydroxylation sites is 1. The Morgan fingerprint density at radius 1 is 1.47 bits per heavy atom. The molecule has 0 atom stereocenters. The van der Waals surface area contributed by atoms with Crippen molar-refractivity contribution in [2.45, 2.75) is 26.4 Å². The van der Waals surface area contributed by atoms with Gasteiger partial charge in [-0.3, -0.25) is 5.21 Å². The highest BCUT2D eigenvalue weighted by Gasteiger charge is 2.55. The second-order valence-corrected chi connectivity index (χ2v) is 4.48. The van der Waals surface area contributed by atoms with Gasteiger partial charge in [-0.15, -0.1) is 0 Å². The van der Waals surface area contributed by atoms with Crippen LogP contribution >= 0.6 is 0 Å². The standard InChI is InChI=1S/C11H13N3O3/c1-7(15)12-8-5-4-6-9-10(8)14(17)11(2,3)13(9)16/h4-6,16H,1-3H3/p+2. The zero-order valence-electron chi connectivity index (χ0n) is 9.93. The number of nitrogens with zero attached hydrogens (tertiary/aromatic N) is 2. The topological polar surface area (TPSA) is 77.8 Å². The number of nitrogens with one attached hydrogen (secondary N) is 1.